The Kier molecular flexibility index (Phi) is 7.06. The summed E-state index contributed by atoms with van der Waals surface area (Å²) in [6.07, 6.45) is 1.70. The van der Waals surface area contributed by atoms with Crippen LogP contribution in [0, 0.1) is 0 Å². The molecule has 1 aliphatic rings. The Morgan fingerprint density at radius 2 is 1.79 bits per heavy atom. The van der Waals surface area contributed by atoms with Crippen LogP contribution in [0.5, 0.6) is 0 Å². The molecule has 1 saturated heterocycles. The van der Waals surface area contributed by atoms with E-state index < -0.39 is 0 Å². The maximum atomic E-state index is 12.9. The first kappa shape index (κ1) is 21.1. The third-order valence-corrected chi connectivity index (χ3v) is 5.19. The van der Waals surface area contributed by atoms with Crippen LogP contribution in [0.4, 0.5) is 11.5 Å². The second-order valence-corrected chi connectivity index (χ2v) is 7.63. The Morgan fingerprint density at radius 1 is 1.10 bits per heavy atom. The van der Waals surface area contributed by atoms with Gasteiger partial charge in [-0.3, -0.25) is 9.69 Å². The van der Waals surface area contributed by atoms with Gasteiger partial charge in [0.25, 0.3) is 5.91 Å². The lowest BCUT2D eigenvalue weighted by atomic mass is 10.0. The Balaban J connectivity index is 1.77. The third kappa shape index (κ3) is 5.25. The zero-order chi connectivity index (χ0) is 20.8. The number of benzene rings is 1. The molecule has 1 aromatic heterocycles. The average Bonchev–Trinajstić information content (AvgIpc) is 2.74. The van der Waals surface area contributed by atoms with E-state index in [1.54, 1.807) is 12.3 Å². The van der Waals surface area contributed by atoms with Crippen molar-refractivity contribution in [2.45, 2.75) is 6.04 Å². The molecule has 1 aliphatic heterocycles. The fourth-order valence-electron chi connectivity index (χ4n) is 3.56. The van der Waals surface area contributed by atoms with Gasteiger partial charge in [-0.1, -0.05) is 12.1 Å². The lowest BCUT2D eigenvalue weighted by Gasteiger charge is -2.35. The van der Waals surface area contributed by atoms with Crippen molar-refractivity contribution in [3.8, 4) is 0 Å². The van der Waals surface area contributed by atoms with E-state index in [0.717, 1.165) is 18.8 Å². The zero-order valence-corrected chi connectivity index (χ0v) is 17.8. The van der Waals surface area contributed by atoms with Crippen molar-refractivity contribution in [1.29, 1.82) is 0 Å². The molecule has 1 aromatic carbocycles. The number of hydrogen-bond acceptors (Lipinski definition) is 6. The van der Waals surface area contributed by atoms with Crippen molar-refractivity contribution in [2.75, 3.05) is 70.8 Å². The van der Waals surface area contributed by atoms with Crippen LogP contribution in [0.3, 0.4) is 0 Å². The van der Waals surface area contributed by atoms with E-state index in [0.29, 0.717) is 31.1 Å². The highest BCUT2D eigenvalue weighted by atomic mass is 16.5. The molecule has 0 spiro atoms. The molecule has 0 bridgehead atoms. The number of amides is 1. The summed E-state index contributed by atoms with van der Waals surface area (Å²) in [4.78, 5) is 23.6. The number of anilines is 2. The number of ether oxygens (including phenoxy) is 1. The molecule has 1 amide bonds. The molecule has 1 unspecified atom stereocenters. The molecule has 156 valence electrons. The molecular formula is C22H31N5O2. The molecule has 1 fully saturated rings. The van der Waals surface area contributed by atoms with Crippen molar-refractivity contribution in [2.24, 2.45) is 0 Å². The van der Waals surface area contributed by atoms with Crippen molar-refractivity contribution in [1.82, 2.24) is 15.2 Å². The molecule has 2 aromatic rings. The van der Waals surface area contributed by atoms with Crippen molar-refractivity contribution >= 4 is 17.4 Å². The number of nitrogens with zero attached hydrogens (tertiary/aromatic N) is 4. The van der Waals surface area contributed by atoms with Gasteiger partial charge < -0.3 is 19.9 Å². The van der Waals surface area contributed by atoms with Gasteiger partial charge in [0.05, 0.1) is 24.8 Å². The predicted octanol–water partition coefficient (Wildman–Crippen LogP) is 2.02. The van der Waals surface area contributed by atoms with Crippen LogP contribution in [0.1, 0.15) is 22.0 Å². The Hall–Kier alpha value is -2.64. The summed E-state index contributed by atoms with van der Waals surface area (Å²) in [6.45, 7) is 3.67. The van der Waals surface area contributed by atoms with E-state index in [9.17, 15) is 4.79 Å². The molecule has 7 nitrogen and oxygen atoms in total. The lowest BCUT2D eigenvalue weighted by molar-refractivity contribution is 0.0162. The molecule has 1 atom stereocenters. The van der Waals surface area contributed by atoms with E-state index in [1.807, 2.05) is 39.2 Å². The average molecular weight is 398 g/mol. The molecule has 7 heteroatoms. The minimum absolute atomic E-state index is 0.0959. The van der Waals surface area contributed by atoms with Crippen molar-refractivity contribution in [3.63, 3.8) is 0 Å². The monoisotopic (exact) mass is 397 g/mol. The third-order valence-electron chi connectivity index (χ3n) is 5.19. The quantitative estimate of drug-likeness (QED) is 0.771. The van der Waals surface area contributed by atoms with Crippen LogP contribution in [0.25, 0.3) is 0 Å². The highest BCUT2D eigenvalue weighted by molar-refractivity contribution is 5.98. The number of hydrogen-bond donors (Lipinski definition) is 1. The van der Waals surface area contributed by atoms with Crippen molar-refractivity contribution < 1.29 is 9.53 Å². The summed E-state index contributed by atoms with van der Waals surface area (Å²) >= 11 is 0. The van der Waals surface area contributed by atoms with Gasteiger partial charge in [-0.05, 0) is 29.8 Å². The Labute approximate surface area is 173 Å². The normalized spacial score (nSPS) is 15.6. The molecule has 0 aliphatic carbocycles. The van der Waals surface area contributed by atoms with Crippen LogP contribution in [-0.4, -0.2) is 76.8 Å². The SMILES string of the molecule is CN(C)c1ccc(C(CNC(=O)c2cccnc2N(C)C)N2CCOCC2)cc1. The Morgan fingerprint density at radius 3 is 2.41 bits per heavy atom. The van der Waals surface area contributed by atoms with E-state index in [1.165, 1.54) is 5.56 Å². The summed E-state index contributed by atoms with van der Waals surface area (Å²) in [5.74, 6) is 0.563. The zero-order valence-electron chi connectivity index (χ0n) is 17.8. The van der Waals surface area contributed by atoms with Crippen LogP contribution in [0.15, 0.2) is 42.6 Å². The van der Waals surface area contributed by atoms with Gasteiger partial charge in [0.15, 0.2) is 0 Å². The van der Waals surface area contributed by atoms with Gasteiger partial charge in [0.2, 0.25) is 0 Å². The topological polar surface area (TPSA) is 60.9 Å². The lowest BCUT2D eigenvalue weighted by Crippen LogP contribution is -2.44. The highest BCUT2D eigenvalue weighted by Crippen LogP contribution is 2.24. The summed E-state index contributed by atoms with van der Waals surface area (Å²) in [5.41, 5.74) is 2.93. The fourth-order valence-corrected chi connectivity index (χ4v) is 3.56. The minimum Gasteiger partial charge on any atom is -0.379 e. The van der Waals surface area contributed by atoms with E-state index in [-0.39, 0.29) is 11.9 Å². The predicted molar refractivity (Wildman–Crippen MR) is 117 cm³/mol. The van der Waals surface area contributed by atoms with Crippen LogP contribution in [0.2, 0.25) is 0 Å². The molecule has 1 N–H and O–H groups in total. The number of nitrogens with one attached hydrogen (secondary N) is 1. The largest absolute Gasteiger partial charge is 0.379 e. The Bertz CT molecular complexity index is 801. The van der Waals surface area contributed by atoms with Gasteiger partial charge in [0, 0.05) is 59.7 Å². The number of morpholine rings is 1. The first-order valence-electron chi connectivity index (χ1n) is 9.97. The molecule has 0 saturated carbocycles. The summed E-state index contributed by atoms with van der Waals surface area (Å²) in [5, 5.41) is 3.13. The highest BCUT2D eigenvalue weighted by Gasteiger charge is 2.24. The second kappa shape index (κ2) is 9.71. The summed E-state index contributed by atoms with van der Waals surface area (Å²) in [7, 11) is 7.85. The van der Waals surface area contributed by atoms with Crippen LogP contribution >= 0.6 is 0 Å². The van der Waals surface area contributed by atoms with Gasteiger partial charge in [-0.25, -0.2) is 4.98 Å². The number of rotatable bonds is 7. The van der Waals surface area contributed by atoms with Gasteiger partial charge >= 0.3 is 0 Å². The standard InChI is InChI=1S/C22H31N5O2/c1-25(2)18-9-7-17(8-10-18)20(27-12-14-29-15-13-27)16-24-22(28)19-6-5-11-23-21(19)26(3)4/h5-11,20H,12-16H2,1-4H3,(H,24,28). The van der Waals surface area contributed by atoms with Crippen LogP contribution < -0.4 is 15.1 Å². The summed E-state index contributed by atoms with van der Waals surface area (Å²) in [6, 6.07) is 12.2. The smallest absolute Gasteiger partial charge is 0.255 e. The molecule has 0 radical (unpaired) electrons. The van der Waals surface area contributed by atoms with Gasteiger partial charge in [-0.2, -0.15) is 0 Å². The second-order valence-electron chi connectivity index (χ2n) is 7.63. The van der Waals surface area contributed by atoms with Gasteiger partial charge in [-0.15, -0.1) is 0 Å². The first-order chi connectivity index (χ1) is 14.0. The first-order valence-corrected chi connectivity index (χ1v) is 9.97. The summed E-state index contributed by atoms with van der Waals surface area (Å²) < 4.78 is 5.52. The fraction of sp³-hybridized carbons (Fsp3) is 0.455. The number of pyridine rings is 1. The van der Waals surface area contributed by atoms with Crippen molar-refractivity contribution in [3.05, 3.63) is 53.7 Å². The minimum atomic E-state index is -0.107. The van der Waals surface area contributed by atoms with E-state index in [2.05, 4.69) is 44.4 Å². The number of carbonyl (C=O) groups excluding carboxylic acids is 1. The number of carbonyl (C=O) groups is 1. The molecular weight excluding hydrogens is 366 g/mol. The van der Waals surface area contributed by atoms with Crippen LogP contribution in [-0.2, 0) is 4.74 Å². The molecule has 29 heavy (non-hydrogen) atoms. The van der Waals surface area contributed by atoms with E-state index in [4.69, 9.17) is 4.74 Å². The molecule has 3 rings (SSSR count). The maximum absolute atomic E-state index is 12.9. The van der Waals surface area contributed by atoms with E-state index >= 15 is 0 Å². The molecule has 2 heterocycles. The van der Waals surface area contributed by atoms with Gasteiger partial charge in [0.1, 0.15) is 5.82 Å². The number of aromatic nitrogens is 1. The maximum Gasteiger partial charge on any atom is 0.255 e.